The second-order valence-corrected chi connectivity index (χ2v) is 8.43. The van der Waals surface area contributed by atoms with Gasteiger partial charge in [0.1, 0.15) is 5.75 Å². The van der Waals surface area contributed by atoms with Crippen molar-refractivity contribution in [2.75, 3.05) is 13.7 Å². The molecule has 3 aromatic rings. The van der Waals surface area contributed by atoms with Crippen molar-refractivity contribution in [2.24, 2.45) is 5.73 Å². The van der Waals surface area contributed by atoms with E-state index >= 15 is 0 Å². The fraction of sp³-hybridized carbons (Fsp3) is 0.333. The molecule has 0 bridgehead atoms. The third kappa shape index (κ3) is 4.58. The first-order valence-electron chi connectivity index (χ1n) is 10.9. The Labute approximate surface area is 180 Å². The largest absolute Gasteiger partial charge is 0.497 e. The summed E-state index contributed by atoms with van der Waals surface area (Å²) in [6.45, 7) is 1.60. The summed E-state index contributed by atoms with van der Waals surface area (Å²) in [7, 11) is 1.72. The van der Waals surface area contributed by atoms with Crippen molar-refractivity contribution in [1.82, 2.24) is 5.32 Å². The van der Waals surface area contributed by atoms with Crippen LogP contribution < -0.4 is 15.8 Å². The number of hydrogen-bond acceptors (Lipinski definition) is 3. The molecule has 3 nitrogen and oxygen atoms in total. The lowest BCUT2D eigenvalue weighted by Crippen LogP contribution is -2.43. The predicted molar refractivity (Wildman–Crippen MR) is 125 cm³/mol. The maximum atomic E-state index is 6.27. The van der Waals surface area contributed by atoms with Gasteiger partial charge >= 0.3 is 0 Å². The highest BCUT2D eigenvalue weighted by Gasteiger charge is 2.35. The van der Waals surface area contributed by atoms with Crippen LogP contribution in [0.25, 0.3) is 11.1 Å². The van der Waals surface area contributed by atoms with Gasteiger partial charge in [-0.25, -0.2) is 0 Å². The maximum absolute atomic E-state index is 6.27. The number of ether oxygens (including phenoxy) is 1. The molecule has 3 aromatic carbocycles. The molecule has 1 aliphatic rings. The lowest BCUT2D eigenvalue weighted by molar-refractivity contribution is 0.250. The van der Waals surface area contributed by atoms with Crippen LogP contribution in [-0.2, 0) is 12.0 Å². The van der Waals surface area contributed by atoms with Gasteiger partial charge in [0.25, 0.3) is 0 Å². The Morgan fingerprint density at radius 3 is 2.27 bits per heavy atom. The molecule has 1 fully saturated rings. The Morgan fingerprint density at radius 2 is 1.60 bits per heavy atom. The topological polar surface area (TPSA) is 47.3 Å². The van der Waals surface area contributed by atoms with E-state index in [4.69, 9.17) is 10.5 Å². The van der Waals surface area contributed by atoms with Crippen LogP contribution in [0.5, 0.6) is 5.75 Å². The first-order valence-corrected chi connectivity index (χ1v) is 10.9. The normalized spacial score (nSPS) is 21.3. The van der Waals surface area contributed by atoms with Crippen molar-refractivity contribution in [2.45, 2.75) is 43.7 Å². The Hall–Kier alpha value is -2.62. The highest BCUT2D eigenvalue weighted by atomic mass is 16.5. The van der Waals surface area contributed by atoms with E-state index in [1.54, 1.807) is 7.11 Å². The van der Waals surface area contributed by atoms with Crippen LogP contribution >= 0.6 is 0 Å². The van der Waals surface area contributed by atoms with Crippen molar-refractivity contribution in [1.29, 1.82) is 0 Å². The Balaban J connectivity index is 1.33. The quantitative estimate of drug-likeness (QED) is 0.566. The summed E-state index contributed by atoms with van der Waals surface area (Å²) in [5.74, 6) is 0.916. The average Bonchev–Trinajstić information content (AvgIpc) is 2.84. The van der Waals surface area contributed by atoms with E-state index in [1.807, 2.05) is 6.07 Å². The van der Waals surface area contributed by atoms with E-state index in [-0.39, 0.29) is 5.41 Å². The molecule has 0 amide bonds. The second kappa shape index (κ2) is 9.46. The molecule has 0 spiro atoms. The van der Waals surface area contributed by atoms with Gasteiger partial charge < -0.3 is 15.8 Å². The van der Waals surface area contributed by atoms with E-state index in [0.717, 1.165) is 38.0 Å². The van der Waals surface area contributed by atoms with Gasteiger partial charge in [-0.2, -0.15) is 0 Å². The van der Waals surface area contributed by atoms with Crippen LogP contribution in [0.1, 0.15) is 36.8 Å². The SMILES string of the molecule is COc1cccc(C2(CN)CCC(NCc3ccc(-c4ccccc4)cc3)CC2)c1. The molecule has 4 rings (SSSR count). The number of methoxy groups -OCH3 is 1. The molecule has 0 aromatic heterocycles. The van der Waals surface area contributed by atoms with Gasteiger partial charge in [-0.05, 0) is 60.1 Å². The molecule has 0 atom stereocenters. The molecule has 1 saturated carbocycles. The molecule has 1 aliphatic carbocycles. The average molecular weight is 401 g/mol. The summed E-state index contributed by atoms with van der Waals surface area (Å²) < 4.78 is 5.43. The zero-order valence-electron chi connectivity index (χ0n) is 17.8. The summed E-state index contributed by atoms with van der Waals surface area (Å²) >= 11 is 0. The number of benzene rings is 3. The Bertz CT molecular complexity index is 929. The highest BCUT2D eigenvalue weighted by Crippen LogP contribution is 2.39. The lowest BCUT2D eigenvalue weighted by Gasteiger charge is -2.40. The van der Waals surface area contributed by atoms with Crippen molar-refractivity contribution in [3.63, 3.8) is 0 Å². The second-order valence-electron chi connectivity index (χ2n) is 8.43. The highest BCUT2D eigenvalue weighted by molar-refractivity contribution is 5.63. The molecule has 30 heavy (non-hydrogen) atoms. The molecular formula is C27H32N2O. The van der Waals surface area contributed by atoms with Crippen molar-refractivity contribution in [3.8, 4) is 16.9 Å². The minimum atomic E-state index is 0.0735. The van der Waals surface area contributed by atoms with Crippen LogP contribution in [0.4, 0.5) is 0 Å². The van der Waals surface area contributed by atoms with Gasteiger partial charge in [0.05, 0.1) is 7.11 Å². The summed E-state index contributed by atoms with van der Waals surface area (Å²) in [5, 5.41) is 3.77. The fourth-order valence-electron chi connectivity index (χ4n) is 4.65. The summed E-state index contributed by atoms with van der Waals surface area (Å²) in [6, 6.07) is 28.4. The Kier molecular flexibility index (Phi) is 6.51. The van der Waals surface area contributed by atoms with E-state index in [2.05, 4.69) is 78.1 Å². The number of nitrogens with one attached hydrogen (secondary N) is 1. The minimum Gasteiger partial charge on any atom is -0.497 e. The van der Waals surface area contributed by atoms with Crippen LogP contribution in [0.3, 0.4) is 0 Å². The fourth-order valence-corrected chi connectivity index (χ4v) is 4.65. The van der Waals surface area contributed by atoms with E-state index in [9.17, 15) is 0 Å². The van der Waals surface area contributed by atoms with Crippen molar-refractivity contribution < 1.29 is 4.74 Å². The monoisotopic (exact) mass is 400 g/mol. The zero-order valence-corrected chi connectivity index (χ0v) is 17.8. The Morgan fingerprint density at radius 1 is 0.900 bits per heavy atom. The molecule has 0 aliphatic heterocycles. The molecule has 0 radical (unpaired) electrons. The summed E-state index contributed by atoms with van der Waals surface area (Å²) in [4.78, 5) is 0. The molecule has 3 N–H and O–H groups in total. The van der Waals surface area contributed by atoms with Crippen LogP contribution in [-0.4, -0.2) is 19.7 Å². The predicted octanol–water partition coefficient (Wildman–Crippen LogP) is 5.29. The molecule has 3 heteroatoms. The summed E-state index contributed by atoms with van der Waals surface area (Å²) in [5.41, 5.74) is 11.5. The van der Waals surface area contributed by atoms with E-state index in [0.29, 0.717) is 12.6 Å². The lowest BCUT2D eigenvalue weighted by atomic mass is 9.68. The van der Waals surface area contributed by atoms with Gasteiger partial charge in [-0.3, -0.25) is 0 Å². The molecule has 0 saturated heterocycles. The third-order valence-corrected chi connectivity index (χ3v) is 6.67. The van der Waals surface area contributed by atoms with Gasteiger partial charge in [0, 0.05) is 24.5 Å². The van der Waals surface area contributed by atoms with Gasteiger partial charge in [-0.15, -0.1) is 0 Å². The van der Waals surface area contributed by atoms with Gasteiger partial charge in [0.2, 0.25) is 0 Å². The van der Waals surface area contributed by atoms with Crippen molar-refractivity contribution in [3.05, 3.63) is 90.0 Å². The molecule has 0 unspecified atom stereocenters. The number of nitrogens with two attached hydrogens (primary N) is 1. The smallest absolute Gasteiger partial charge is 0.119 e. The number of rotatable bonds is 7. The van der Waals surface area contributed by atoms with Crippen molar-refractivity contribution >= 4 is 0 Å². The van der Waals surface area contributed by atoms with Crippen LogP contribution in [0, 0.1) is 0 Å². The van der Waals surface area contributed by atoms with Crippen LogP contribution in [0.2, 0.25) is 0 Å². The standard InChI is InChI=1S/C27H32N2O/c1-30-26-9-5-8-24(18-26)27(20-28)16-14-25(15-17-27)29-19-21-10-12-23(13-11-21)22-6-3-2-4-7-22/h2-13,18,25,29H,14-17,19-20,28H2,1H3. The molecule has 156 valence electrons. The first-order chi connectivity index (χ1) is 14.7. The maximum Gasteiger partial charge on any atom is 0.119 e. The molecular weight excluding hydrogens is 368 g/mol. The third-order valence-electron chi connectivity index (χ3n) is 6.67. The minimum absolute atomic E-state index is 0.0735. The van der Waals surface area contributed by atoms with Gasteiger partial charge in [0.15, 0.2) is 0 Å². The summed E-state index contributed by atoms with van der Waals surface area (Å²) in [6.07, 6.45) is 4.52. The zero-order chi connectivity index (χ0) is 20.8. The van der Waals surface area contributed by atoms with Gasteiger partial charge in [-0.1, -0.05) is 66.7 Å². The van der Waals surface area contributed by atoms with E-state index < -0.39 is 0 Å². The number of hydrogen-bond donors (Lipinski definition) is 2. The van der Waals surface area contributed by atoms with E-state index in [1.165, 1.54) is 22.3 Å². The first kappa shape index (κ1) is 20.6. The molecule has 0 heterocycles. The van der Waals surface area contributed by atoms with Crippen LogP contribution in [0.15, 0.2) is 78.9 Å².